The van der Waals surface area contributed by atoms with Gasteiger partial charge < -0.3 is 14.1 Å². The molecular formula is C15H24N4O3S. The summed E-state index contributed by atoms with van der Waals surface area (Å²) in [7, 11) is 1.74. The summed E-state index contributed by atoms with van der Waals surface area (Å²) in [6, 6.07) is 0.462. The topological polar surface area (TPSA) is 71.7 Å². The van der Waals surface area contributed by atoms with E-state index in [-0.39, 0.29) is 5.91 Å². The number of nitrogens with zero attached hydrogens (tertiary/aromatic N) is 4. The van der Waals surface area contributed by atoms with E-state index in [0.717, 1.165) is 32.8 Å². The van der Waals surface area contributed by atoms with Crippen LogP contribution >= 0.6 is 11.8 Å². The van der Waals surface area contributed by atoms with Crippen LogP contribution in [0.2, 0.25) is 0 Å². The highest BCUT2D eigenvalue weighted by molar-refractivity contribution is 7.99. The molecule has 8 heteroatoms. The van der Waals surface area contributed by atoms with Gasteiger partial charge in [0.2, 0.25) is 11.8 Å². The van der Waals surface area contributed by atoms with Gasteiger partial charge in [-0.15, -0.1) is 10.2 Å². The largest absolute Gasteiger partial charge is 0.416 e. The first-order valence-corrected chi connectivity index (χ1v) is 9.08. The number of ether oxygens (including phenoxy) is 1. The number of aryl methyl sites for hydroxylation is 1. The van der Waals surface area contributed by atoms with Gasteiger partial charge in [0, 0.05) is 46.3 Å². The summed E-state index contributed by atoms with van der Waals surface area (Å²) < 4.78 is 10.5. The first kappa shape index (κ1) is 16.7. The average Bonchev–Trinajstić information content (AvgIpc) is 2.77. The lowest BCUT2D eigenvalue weighted by Crippen LogP contribution is -2.45. The highest BCUT2D eigenvalue weighted by atomic mass is 32.2. The second kappa shape index (κ2) is 7.63. The normalized spacial score (nSPS) is 24.9. The molecule has 0 N–H and O–H groups in total. The number of piperidine rings is 1. The van der Waals surface area contributed by atoms with Crippen molar-refractivity contribution in [2.24, 2.45) is 5.92 Å². The molecule has 128 valence electrons. The molecule has 3 aliphatic rings. The molecule has 4 rings (SSSR count). The van der Waals surface area contributed by atoms with Gasteiger partial charge in [-0.2, -0.15) is 0 Å². The number of rotatable bonds is 6. The molecule has 7 nitrogen and oxygen atoms in total. The second-order valence-corrected chi connectivity index (χ2v) is 7.19. The van der Waals surface area contributed by atoms with Crippen LogP contribution in [0.5, 0.6) is 0 Å². The minimum atomic E-state index is 0.163. The van der Waals surface area contributed by atoms with E-state index >= 15 is 0 Å². The molecule has 2 atom stereocenters. The predicted octanol–water partition coefficient (Wildman–Crippen LogP) is 1.04. The molecule has 0 saturated carbocycles. The van der Waals surface area contributed by atoms with Crippen LogP contribution in [-0.2, 0) is 9.53 Å². The summed E-state index contributed by atoms with van der Waals surface area (Å²) in [5.74, 6) is 1.63. The molecule has 3 aliphatic heterocycles. The lowest BCUT2D eigenvalue weighted by molar-refractivity contribution is -0.128. The Bertz CT molecular complexity index is 539. The van der Waals surface area contributed by atoms with E-state index in [1.54, 1.807) is 14.0 Å². The number of amides is 1. The van der Waals surface area contributed by atoms with Gasteiger partial charge in [-0.25, -0.2) is 0 Å². The molecule has 3 saturated heterocycles. The fourth-order valence-corrected chi connectivity index (χ4v) is 4.12. The maximum Gasteiger partial charge on any atom is 0.277 e. The minimum Gasteiger partial charge on any atom is -0.416 e. The molecule has 0 spiro atoms. The minimum absolute atomic E-state index is 0.163. The van der Waals surface area contributed by atoms with Crippen molar-refractivity contribution in [3.05, 3.63) is 5.89 Å². The zero-order valence-electron chi connectivity index (χ0n) is 13.7. The molecule has 23 heavy (non-hydrogen) atoms. The Labute approximate surface area is 140 Å². The van der Waals surface area contributed by atoms with Crippen molar-refractivity contribution in [3.63, 3.8) is 0 Å². The Morgan fingerprint density at radius 2 is 2.22 bits per heavy atom. The molecule has 1 aromatic rings. The van der Waals surface area contributed by atoms with Crippen LogP contribution in [0.25, 0.3) is 0 Å². The van der Waals surface area contributed by atoms with Crippen molar-refractivity contribution in [3.8, 4) is 0 Å². The van der Waals surface area contributed by atoms with Crippen LogP contribution in [0, 0.1) is 12.8 Å². The standard InChI is InChI=1S/C15H24N4O3S/c1-11-16-17-15(22-11)23-10-14(20)19-8-12-3-4-13(9-19)18(7-12)5-6-21-2/h12-13H,3-10H2,1-2H3/t12-,13-/m1/s1. The van der Waals surface area contributed by atoms with Gasteiger partial charge in [0.15, 0.2) is 0 Å². The van der Waals surface area contributed by atoms with Crippen molar-refractivity contribution in [1.82, 2.24) is 20.0 Å². The van der Waals surface area contributed by atoms with E-state index in [4.69, 9.17) is 9.15 Å². The smallest absolute Gasteiger partial charge is 0.277 e. The maximum absolute atomic E-state index is 12.5. The third kappa shape index (κ3) is 4.24. The molecule has 0 radical (unpaired) electrons. The number of methoxy groups -OCH3 is 1. The summed E-state index contributed by atoms with van der Waals surface area (Å²) in [5, 5.41) is 8.17. The first-order valence-electron chi connectivity index (χ1n) is 8.09. The van der Waals surface area contributed by atoms with Crippen LogP contribution in [0.3, 0.4) is 0 Å². The van der Waals surface area contributed by atoms with Crippen LogP contribution in [-0.4, -0.2) is 77.6 Å². The van der Waals surface area contributed by atoms with E-state index < -0.39 is 0 Å². The monoisotopic (exact) mass is 340 g/mol. The van der Waals surface area contributed by atoms with Crippen molar-refractivity contribution in [2.45, 2.75) is 31.0 Å². The Kier molecular flexibility index (Phi) is 5.55. The molecule has 4 heterocycles. The molecular weight excluding hydrogens is 316 g/mol. The number of carbonyl (C=O) groups is 1. The second-order valence-electron chi connectivity index (χ2n) is 6.26. The molecule has 1 aromatic heterocycles. The first-order chi connectivity index (χ1) is 11.2. The van der Waals surface area contributed by atoms with E-state index in [2.05, 4.69) is 15.1 Å². The molecule has 0 aromatic carbocycles. The fraction of sp³-hybridized carbons (Fsp3) is 0.800. The Hall–Kier alpha value is -1.12. The Balaban J connectivity index is 1.55. The van der Waals surface area contributed by atoms with Crippen molar-refractivity contribution in [1.29, 1.82) is 0 Å². The Morgan fingerprint density at radius 3 is 2.96 bits per heavy atom. The van der Waals surface area contributed by atoms with Gasteiger partial charge in [0.1, 0.15) is 0 Å². The van der Waals surface area contributed by atoms with Crippen molar-refractivity contribution in [2.75, 3.05) is 45.6 Å². The van der Waals surface area contributed by atoms with Gasteiger partial charge >= 0.3 is 0 Å². The van der Waals surface area contributed by atoms with Gasteiger partial charge in [0.05, 0.1) is 12.4 Å². The van der Waals surface area contributed by atoms with Crippen LogP contribution < -0.4 is 0 Å². The van der Waals surface area contributed by atoms with E-state index in [1.165, 1.54) is 24.6 Å². The number of thioether (sulfide) groups is 1. The maximum atomic E-state index is 12.5. The summed E-state index contributed by atoms with van der Waals surface area (Å²) in [5.41, 5.74) is 0. The number of hydrogen-bond acceptors (Lipinski definition) is 7. The van der Waals surface area contributed by atoms with E-state index in [9.17, 15) is 4.79 Å². The lowest BCUT2D eigenvalue weighted by atomic mass is 9.95. The van der Waals surface area contributed by atoms with Crippen molar-refractivity contribution < 1.29 is 13.9 Å². The lowest BCUT2D eigenvalue weighted by Gasteiger charge is -2.35. The molecule has 3 fully saturated rings. The summed E-state index contributed by atoms with van der Waals surface area (Å²) >= 11 is 1.32. The van der Waals surface area contributed by atoms with Crippen LogP contribution in [0.15, 0.2) is 9.64 Å². The number of aromatic nitrogens is 2. The van der Waals surface area contributed by atoms with Gasteiger partial charge in [-0.3, -0.25) is 9.69 Å². The van der Waals surface area contributed by atoms with Crippen molar-refractivity contribution >= 4 is 17.7 Å². The number of carbonyl (C=O) groups excluding carboxylic acids is 1. The Morgan fingerprint density at radius 1 is 1.35 bits per heavy atom. The van der Waals surface area contributed by atoms with Gasteiger partial charge in [0.25, 0.3) is 5.22 Å². The number of fused-ring (bicyclic) bond motifs is 4. The quantitative estimate of drug-likeness (QED) is 0.717. The fourth-order valence-electron chi connectivity index (χ4n) is 3.42. The summed E-state index contributed by atoms with van der Waals surface area (Å²) in [4.78, 5) is 17.0. The van der Waals surface area contributed by atoms with Gasteiger partial charge in [-0.1, -0.05) is 11.8 Å². The number of hydrogen-bond donors (Lipinski definition) is 0. The van der Waals surface area contributed by atoms with Gasteiger partial charge in [-0.05, 0) is 18.8 Å². The third-order valence-corrected chi connectivity index (χ3v) is 5.39. The average molecular weight is 340 g/mol. The zero-order chi connectivity index (χ0) is 16.2. The molecule has 0 unspecified atom stereocenters. The predicted molar refractivity (Wildman–Crippen MR) is 86.3 cm³/mol. The summed E-state index contributed by atoms with van der Waals surface area (Å²) in [6.45, 7) is 6.22. The van der Waals surface area contributed by atoms with E-state index in [1.807, 2.05) is 4.90 Å². The SMILES string of the molecule is COCCN1C[C@H]2CC[C@@H]1CN(C(=O)CSc1nnc(C)o1)C2. The highest BCUT2D eigenvalue weighted by Crippen LogP contribution is 2.28. The molecule has 2 bridgehead atoms. The van der Waals surface area contributed by atoms with Crippen LogP contribution in [0.4, 0.5) is 0 Å². The molecule has 1 amide bonds. The van der Waals surface area contributed by atoms with E-state index in [0.29, 0.717) is 28.8 Å². The third-order valence-electron chi connectivity index (χ3n) is 4.59. The highest BCUT2D eigenvalue weighted by Gasteiger charge is 2.36. The zero-order valence-corrected chi connectivity index (χ0v) is 14.5. The van der Waals surface area contributed by atoms with Crippen LogP contribution in [0.1, 0.15) is 18.7 Å². The molecule has 0 aliphatic carbocycles. The summed E-state index contributed by atoms with van der Waals surface area (Å²) in [6.07, 6.45) is 2.39.